The van der Waals surface area contributed by atoms with Gasteiger partial charge in [0.05, 0.1) is 12.1 Å². The van der Waals surface area contributed by atoms with Crippen molar-refractivity contribution in [1.29, 1.82) is 0 Å². The first-order valence-corrected chi connectivity index (χ1v) is 6.93. The number of nitrogens with zero attached hydrogens (tertiary/aromatic N) is 2. The van der Waals surface area contributed by atoms with Crippen LogP contribution in [0.25, 0.3) is 0 Å². The predicted octanol–water partition coefficient (Wildman–Crippen LogP) is 2.90. The zero-order valence-corrected chi connectivity index (χ0v) is 11.6. The third-order valence-corrected chi connectivity index (χ3v) is 3.82. The van der Waals surface area contributed by atoms with Gasteiger partial charge in [-0.25, -0.2) is 0 Å². The van der Waals surface area contributed by atoms with Crippen molar-refractivity contribution >= 4 is 5.78 Å². The zero-order valence-electron chi connectivity index (χ0n) is 11.6. The number of rotatable bonds is 2. The summed E-state index contributed by atoms with van der Waals surface area (Å²) in [5, 5.41) is 27.7. The minimum absolute atomic E-state index is 0.0234. The molecule has 2 aliphatic carbocycles. The molecule has 2 atom stereocenters. The van der Waals surface area contributed by atoms with Crippen LogP contribution in [0.15, 0.2) is 21.7 Å². The molecule has 19 heavy (non-hydrogen) atoms. The third-order valence-electron chi connectivity index (χ3n) is 3.82. The van der Waals surface area contributed by atoms with E-state index < -0.39 is 6.10 Å². The normalized spacial score (nSPS) is 32.1. The summed E-state index contributed by atoms with van der Waals surface area (Å²) in [6.45, 7) is 3.89. The fourth-order valence-electron chi connectivity index (χ4n) is 2.75. The summed E-state index contributed by atoms with van der Waals surface area (Å²) in [5.41, 5.74) is -0.137. The molecule has 0 aliphatic heterocycles. The minimum Gasteiger partial charge on any atom is -0.510 e. The van der Waals surface area contributed by atoms with E-state index in [0.717, 1.165) is 25.7 Å². The van der Waals surface area contributed by atoms with Gasteiger partial charge in [-0.2, -0.15) is 5.11 Å². The molecular formula is C14H22N2O3. The maximum absolute atomic E-state index is 11.9. The van der Waals surface area contributed by atoms with Gasteiger partial charge in [-0.15, -0.1) is 5.11 Å². The molecule has 0 saturated heterocycles. The van der Waals surface area contributed by atoms with E-state index in [1.807, 2.05) is 13.8 Å². The van der Waals surface area contributed by atoms with Crippen LogP contribution in [0, 0.1) is 5.41 Å². The lowest BCUT2D eigenvalue weighted by Gasteiger charge is -2.28. The molecule has 1 fully saturated rings. The molecule has 0 bridgehead atoms. The lowest BCUT2D eigenvalue weighted by molar-refractivity contribution is -0.118. The van der Waals surface area contributed by atoms with Gasteiger partial charge in [0.2, 0.25) is 0 Å². The lowest BCUT2D eigenvalue weighted by atomic mass is 9.78. The third kappa shape index (κ3) is 3.41. The fraction of sp³-hybridized carbons (Fsp3) is 0.786. The maximum atomic E-state index is 11.9. The van der Waals surface area contributed by atoms with Crippen molar-refractivity contribution < 1.29 is 15.0 Å². The first kappa shape index (κ1) is 14.2. The van der Waals surface area contributed by atoms with Gasteiger partial charge in [-0.05, 0) is 18.3 Å². The van der Waals surface area contributed by atoms with E-state index in [9.17, 15) is 15.0 Å². The van der Waals surface area contributed by atoms with Crippen LogP contribution >= 0.6 is 0 Å². The Morgan fingerprint density at radius 3 is 2.53 bits per heavy atom. The summed E-state index contributed by atoms with van der Waals surface area (Å²) in [7, 11) is 0. The molecule has 5 heteroatoms. The molecule has 1 saturated carbocycles. The molecule has 0 aromatic heterocycles. The molecule has 5 nitrogen and oxygen atoms in total. The Morgan fingerprint density at radius 2 is 1.89 bits per heavy atom. The summed E-state index contributed by atoms with van der Waals surface area (Å²) in [4.78, 5) is 11.9. The van der Waals surface area contributed by atoms with E-state index in [4.69, 9.17) is 0 Å². The molecule has 0 radical (unpaired) electrons. The molecule has 2 rings (SSSR count). The smallest absolute Gasteiger partial charge is 0.187 e. The number of aliphatic hydroxyl groups excluding tert-OH is 2. The first-order valence-electron chi connectivity index (χ1n) is 6.93. The van der Waals surface area contributed by atoms with E-state index in [1.165, 1.54) is 0 Å². The van der Waals surface area contributed by atoms with Crippen LogP contribution in [-0.4, -0.2) is 28.1 Å². The largest absolute Gasteiger partial charge is 0.510 e. The molecule has 0 aromatic rings. The van der Waals surface area contributed by atoms with Gasteiger partial charge in [0, 0.05) is 12.8 Å². The van der Waals surface area contributed by atoms with E-state index in [2.05, 4.69) is 10.2 Å². The monoisotopic (exact) mass is 266 g/mol. The van der Waals surface area contributed by atoms with Crippen molar-refractivity contribution in [1.82, 2.24) is 0 Å². The Bertz CT molecular complexity index is 426. The second-order valence-corrected chi connectivity index (χ2v) is 6.37. The van der Waals surface area contributed by atoms with Gasteiger partial charge >= 0.3 is 0 Å². The van der Waals surface area contributed by atoms with Crippen LogP contribution in [0.1, 0.15) is 52.4 Å². The number of allylic oxidation sites excluding steroid dienone is 2. The summed E-state index contributed by atoms with van der Waals surface area (Å²) in [6, 6.07) is -0.239. The summed E-state index contributed by atoms with van der Waals surface area (Å²) < 4.78 is 0. The average Bonchev–Trinajstić information content (AvgIpc) is 2.28. The first-order chi connectivity index (χ1) is 8.89. The molecule has 2 N–H and O–H groups in total. The summed E-state index contributed by atoms with van der Waals surface area (Å²) in [5.74, 6) is -0.141. The van der Waals surface area contributed by atoms with E-state index in [0.29, 0.717) is 12.8 Å². The van der Waals surface area contributed by atoms with Crippen molar-refractivity contribution in [3.8, 4) is 0 Å². The van der Waals surface area contributed by atoms with Crippen LogP contribution in [-0.2, 0) is 4.79 Å². The molecule has 0 amide bonds. The lowest BCUT2D eigenvalue weighted by Crippen LogP contribution is -2.28. The summed E-state index contributed by atoms with van der Waals surface area (Å²) in [6.07, 6.45) is 3.89. The Kier molecular flexibility index (Phi) is 4.04. The maximum Gasteiger partial charge on any atom is 0.187 e. The topological polar surface area (TPSA) is 82.2 Å². The minimum atomic E-state index is -0.477. The van der Waals surface area contributed by atoms with Crippen LogP contribution in [0.5, 0.6) is 0 Å². The number of aliphatic hydroxyl groups is 2. The summed E-state index contributed by atoms with van der Waals surface area (Å²) >= 11 is 0. The van der Waals surface area contributed by atoms with E-state index in [1.54, 1.807) is 0 Å². The average molecular weight is 266 g/mol. The second-order valence-electron chi connectivity index (χ2n) is 6.37. The highest BCUT2D eigenvalue weighted by Gasteiger charge is 2.33. The molecule has 106 valence electrons. The number of hydrogen-bond donors (Lipinski definition) is 2. The highest BCUT2D eigenvalue weighted by atomic mass is 16.3. The highest BCUT2D eigenvalue weighted by Crippen LogP contribution is 2.36. The molecular weight excluding hydrogens is 244 g/mol. The molecule has 0 aromatic carbocycles. The number of ketones is 1. The Balaban J connectivity index is 2.11. The van der Waals surface area contributed by atoms with Crippen LogP contribution < -0.4 is 0 Å². The predicted molar refractivity (Wildman–Crippen MR) is 70.8 cm³/mol. The van der Waals surface area contributed by atoms with Gasteiger partial charge in [0.15, 0.2) is 11.5 Å². The molecule has 2 aliphatic rings. The van der Waals surface area contributed by atoms with Crippen molar-refractivity contribution in [3.05, 3.63) is 11.5 Å². The van der Waals surface area contributed by atoms with Crippen LogP contribution in [0.2, 0.25) is 0 Å². The van der Waals surface area contributed by atoms with Gasteiger partial charge < -0.3 is 10.2 Å². The van der Waals surface area contributed by atoms with Gasteiger partial charge in [-0.1, -0.05) is 26.7 Å². The molecule has 2 unspecified atom stereocenters. The van der Waals surface area contributed by atoms with Crippen molar-refractivity contribution in [3.63, 3.8) is 0 Å². The van der Waals surface area contributed by atoms with Gasteiger partial charge in [0.25, 0.3) is 0 Å². The Morgan fingerprint density at radius 1 is 1.21 bits per heavy atom. The standard InChI is InChI=1S/C14H22N2O3/c1-14(2)7-11(18)13(12(19)8-14)16-15-9-5-3-4-6-10(9)17/h9-10,17-18H,3-8H2,1-2H3. The second kappa shape index (κ2) is 5.41. The van der Waals surface area contributed by atoms with Gasteiger partial charge in [0.1, 0.15) is 5.76 Å². The number of Topliss-reactive ketones (excluding diaryl/α,β-unsaturated/α-hetero) is 1. The highest BCUT2D eigenvalue weighted by molar-refractivity contribution is 5.96. The van der Waals surface area contributed by atoms with E-state index in [-0.39, 0.29) is 28.7 Å². The Labute approximate surface area is 113 Å². The van der Waals surface area contributed by atoms with Crippen molar-refractivity contribution in [2.45, 2.75) is 64.5 Å². The molecule has 0 spiro atoms. The van der Waals surface area contributed by atoms with Crippen molar-refractivity contribution in [2.75, 3.05) is 0 Å². The number of hydrogen-bond acceptors (Lipinski definition) is 5. The number of carbonyl (C=O) groups excluding carboxylic acids is 1. The quantitative estimate of drug-likeness (QED) is 0.754. The number of azo groups is 1. The molecule has 0 heterocycles. The van der Waals surface area contributed by atoms with Crippen LogP contribution in [0.3, 0.4) is 0 Å². The van der Waals surface area contributed by atoms with E-state index >= 15 is 0 Å². The Hall–Kier alpha value is -1.23. The zero-order chi connectivity index (χ0) is 14.0. The fourth-order valence-corrected chi connectivity index (χ4v) is 2.75. The van der Waals surface area contributed by atoms with Crippen molar-refractivity contribution in [2.24, 2.45) is 15.6 Å². The van der Waals surface area contributed by atoms with Crippen LogP contribution in [0.4, 0.5) is 0 Å². The SMILES string of the molecule is CC1(C)CC(=O)C(N=NC2CCCCC2O)=C(O)C1. The number of carbonyl (C=O) groups is 1. The van der Waals surface area contributed by atoms with Gasteiger partial charge in [-0.3, -0.25) is 4.79 Å².